The van der Waals surface area contributed by atoms with Crippen LogP contribution in [0.2, 0.25) is 0 Å². The van der Waals surface area contributed by atoms with E-state index in [1.807, 2.05) is 6.07 Å². The largest absolute Gasteiger partial charge is 0.336 e. The molecule has 1 atom stereocenters. The first-order chi connectivity index (χ1) is 10.2. The van der Waals surface area contributed by atoms with Crippen LogP contribution in [0.5, 0.6) is 0 Å². The number of amides is 2. The van der Waals surface area contributed by atoms with Crippen molar-refractivity contribution in [2.24, 2.45) is 0 Å². The lowest BCUT2D eigenvalue weighted by Crippen LogP contribution is -2.47. The summed E-state index contributed by atoms with van der Waals surface area (Å²) in [6.07, 6.45) is 3.47. The summed E-state index contributed by atoms with van der Waals surface area (Å²) < 4.78 is 0. The molecule has 116 valence electrons. The van der Waals surface area contributed by atoms with Crippen LogP contribution in [0, 0.1) is 0 Å². The van der Waals surface area contributed by atoms with Gasteiger partial charge >= 0.3 is 6.03 Å². The second-order valence-electron chi connectivity index (χ2n) is 5.63. The minimum atomic E-state index is -0.0345. The van der Waals surface area contributed by atoms with Crippen LogP contribution < -0.4 is 10.6 Å². The maximum Gasteiger partial charge on any atom is 0.315 e. The monoisotopic (exact) mass is 289 g/mol. The van der Waals surface area contributed by atoms with Crippen LogP contribution in [-0.4, -0.2) is 36.6 Å². The molecule has 0 spiro atoms. The van der Waals surface area contributed by atoms with Crippen molar-refractivity contribution in [3.63, 3.8) is 0 Å². The van der Waals surface area contributed by atoms with Gasteiger partial charge in [-0.2, -0.15) is 0 Å². The third-order valence-corrected chi connectivity index (χ3v) is 4.33. The topological polar surface area (TPSA) is 44.4 Å². The lowest BCUT2D eigenvalue weighted by atomic mass is 9.93. The SMILES string of the molecule is CCN(CC)C(CNC(=O)NC1CCC1)c1ccccc1. The fourth-order valence-electron chi connectivity index (χ4n) is 2.78. The van der Waals surface area contributed by atoms with Crippen molar-refractivity contribution >= 4 is 6.03 Å². The summed E-state index contributed by atoms with van der Waals surface area (Å²) in [6, 6.07) is 11.0. The van der Waals surface area contributed by atoms with Gasteiger partial charge in [0.2, 0.25) is 0 Å². The fourth-order valence-corrected chi connectivity index (χ4v) is 2.78. The Morgan fingerprint density at radius 2 is 1.90 bits per heavy atom. The van der Waals surface area contributed by atoms with Crippen LogP contribution in [0.4, 0.5) is 4.79 Å². The molecule has 4 heteroatoms. The summed E-state index contributed by atoms with van der Waals surface area (Å²) in [5.41, 5.74) is 1.25. The van der Waals surface area contributed by atoms with E-state index in [1.54, 1.807) is 0 Å². The molecule has 0 bridgehead atoms. The number of urea groups is 1. The summed E-state index contributed by atoms with van der Waals surface area (Å²) >= 11 is 0. The molecule has 1 fully saturated rings. The molecule has 0 aliphatic heterocycles. The van der Waals surface area contributed by atoms with Gasteiger partial charge in [0.15, 0.2) is 0 Å². The molecule has 0 radical (unpaired) electrons. The summed E-state index contributed by atoms with van der Waals surface area (Å²) in [6.45, 7) is 6.91. The molecule has 0 saturated heterocycles. The molecule has 0 heterocycles. The van der Waals surface area contributed by atoms with Gasteiger partial charge in [0, 0.05) is 12.6 Å². The zero-order valence-corrected chi connectivity index (χ0v) is 13.1. The molecule has 21 heavy (non-hydrogen) atoms. The molecule has 1 unspecified atom stereocenters. The molecular weight excluding hydrogens is 262 g/mol. The normalized spacial score (nSPS) is 16.3. The second kappa shape index (κ2) is 8.03. The summed E-state index contributed by atoms with van der Waals surface area (Å²) in [7, 11) is 0. The Labute approximate surface area is 127 Å². The smallest absolute Gasteiger partial charge is 0.315 e. The molecule has 0 aromatic heterocycles. The molecule has 1 saturated carbocycles. The Kier molecular flexibility index (Phi) is 6.05. The van der Waals surface area contributed by atoms with Gasteiger partial charge in [-0.15, -0.1) is 0 Å². The van der Waals surface area contributed by atoms with Crippen molar-refractivity contribution < 1.29 is 4.79 Å². The van der Waals surface area contributed by atoms with Gasteiger partial charge in [-0.25, -0.2) is 4.79 Å². The van der Waals surface area contributed by atoms with Gasteiger partial charge in [0.05, 0.1) is 6.04 Å². The number of hydrogen-bond acceptors (Lipinski definition) is 2. The molecule has 4 nitrogen and oxygen atoms in total. The number of hydrogen-bond donors (Lipinski definition) is 2. The van der Waals surface area contributed by atoms with Crippen molar-refractivity contribution in [1.82, 2.24) is 15.5 Å². The highest BCUT2D eigenvalue weighted by Crippen LogP contribution is 2.20. The molecule has 1 aliphatic carbocycles. The minimum absolute atomic E-state index is 0.0345. The van der Waals surface area contributed by atoms with Crippen molar-refractivity contribution in [3.05, 3.63) is 35.9 Å². The number of carbonyl (C=O) groups excluding carboxylic acids is 1. The average Bonchev–Trinajstić information content (AvgIpc) is 2.48. The number of nitrogens with one attached hydrogen (secondary N) is 2. The van der Waals surface area contributed by atoms with Crippen LogP contribution in [0.25, 0.3) is 0 Å². The van der Waals surface area contributed by atoms with E-state index in [0.29, 0.717) is 12.6 Å². The van der Waals surface area contributed by atoms with Crippen molar-refractivity contribution in [1.29, 1.82) is 0 Å². The summed E-state index contributed by atoms with van der Waals surface area (Å²) in [5, 5.41) is 6.07. The van der Waals surface area contributed by atoms with Crippen molar-refractivity contribution in [2.45, 2.75) is 45.2 Å². The van der Waals surface area contributed by atoms with Crippen LogP contribution in [0.1, 0.15) is 44.7 Å². The molecule has 2 amide bonds. The Balaban J connectivity index is 1.93. The predicted molar refractivity (Wildman–Crippen MR) is 86.3 cm³/mol. The van der Waals surface area contributed by atoms with Crippen molar-refractivity contribution in [3.8, 4) is 0 Å². The van der Waals surface area contributed by atoms with Crippen molar-refractivity contribution in [2.75, 3.05) is 19.6 Å². The van der Waals surface area contributed by atoms with Crippen LogP contribution in [-0.2, 0) is 0 Å². The fraction of sp³-hybridized carbons (Fsp3) is 0.588. The van der Waals surface area contributed by atoms with E-state index >= 15 is 0 Å². The van der Waals surface area contributed by atoms with Gasteiger partial charge < -0.3 is 10.6 Å². The van der Waals surface area contributed by atoms with Gasteiger partial charge in [0.1, 0.15) is 0 Å². The molecule has 1 aromatic carbocycles. The third-order valence-electron chi connectivity index (χ3n) is 4.33. The highest BCUT2D eigenvalue weighted by atomic mass is 16.2. The molecule has 1 aromatic rings. The predicted octanol–water partition coefficient (Wildman–Crippen LogP) is 2.92. The first-order valence-corrected chi connectivity index (χ1v) is 8.08. The number of carbonyl (C=O) groups is 1. The van der Waals surface area contributed by atoms with E-state index in [2.05, 4.69) is 53.6 Å². The van der Waals surface area contributed by atoms with E-state index in [1.165, 1.54) is 12.0 Å². The number of nitrogens with zero attached hydrogens (tertiary/aromatic N) is 1. The Morgan fingerprint density at radius 3 is 2.43 bits per heavy atom. The molecular formula is C17H27N3O. The van der Waals surface area contributed by atoms with Crippen LogP contribution in [0.15, 0.2) is 30.3 Å². The van der Waals surface area contributed by atoms with Gasteiger partial charge in [-0.3, -0.25) is 4.90 Å². The number of rotatable bonds is 7. The minimum Gasteiger partial charge on any atom is -0.336 e. The van der Waals surface area contributed by atoms with Crippen LogP contribution >= 0.6 is 0 Å². The van der Waals surface area contributed by atoms with Gasteiger partial charge in [-0.1, -0.05) is 44.2 Å². The van der Waals surface area contributed by atoms with Gasteiger partial charge in [-0.05, 0) is 37.9 Å². The lowest BCUT2D eigenvalue weighted by Gasteiger charge is -2.31. The van der Waals surface area contributed by atoms with Gasteiger partial charge in [0.25, 0.3) is 0 Å². The maximum absolute atomic E-state index is 11.9. The Bertz CT molecular complexity index is 427. The zero-order valence-electron chi connectivity index (χ0n) is 13.1. The van der Waals surface area contributed by atoms with E-state index < -0.39 is 0 Å². The first-order valence-electron chi connectivity index (χ1n) is 8.08. The van der Waals surface area contributed by atoms with E-state index in [-0.39, 0.29) is 12.1 Å². The summed E-state index contributed by atoms with van der Waals surface area (Å²) in [5.74, 6) is 0. The molecule has 2 N–H and O–H groups in total. The Hall–Kier alpha value is -1.55. The quantitative estimate of drug-likeness (QED) is 0.810. The van der Waals surface area contributed by atoms with Crippen LogP contribution in [0.3, 0.4) is 0 Å². The molecule has 2 rings (SSSR count). The highest BCUT2D eigenvalue weighted by molar-refractivity contribution is 5.74. The Morgan fingerprint density at radius 1 is 1.24 bits per heavy atom. The number of benzene rings is 1. The second-order valence-corrected chi connectivity index (χ2v) is 5.63. The number of likely N-dealkylation sites (N-methyl/N-ethyl adjacent to an activating group) is 1. The standard InChI is InChI=1S/C17H27N3O/c1-3-20(4-2)16(14-9-6-5-7-10-14)13-18-17(21)19-15-11-8-12-15/h5-7,9-10,15-16H,3-4,8,11-13H2,1-2H3,(H2,18,19,21). The molecule has 1 aliphatic rings. The lowest BCUT2D eigenvalue weighted by molar-refractivity contribution is 0.201. The summed E-state index contributed by atoms with van der Waals surface area (Å²) in [4.78, 5) is 14.3. The van der Waals surface area contributed by atoms with E-state index in [0.717, 1.165) is 25.9 Å². The highest BCUT2D eigenvalue weighted by Gasteiger charge is 2.21. The van der Waals surface area contributed by atoms with E-state index in [9.17, 15) is 4.79 Å². The van der Waals surface area contributed by atoms with E-state index in [4.69, 9.17) is 0 Å². The third kappa shape index (κ3) is 4.46. The maximum atomic E-state index is 11.9. The average molecular weight is 289 g/mol. The zero-order chi connectivity index (χ0) is 15.1. The first kappa shape index (κ1) is 15.8.